The Morgan fingerprint density at radius 1 is 1.25 bits per heavy atom. The Hall–Kier alpha value is -1.85. The first-order valence-corrected chi connectivity index (χ1v) is 7.16. The highest BCUT2D eigenvalue weighted by Crippen LogP contribution is 2.37. The van der Waals surface area contributed by atoms with Gasteiger partial charge in [0.15, 0.2) is 0 Å². The van der Waals surface area contributed by atoms with Crippen molar-refractivity contribution >= 4 is 40.5 Å². The minimum absolute atomic E-state index is 0.156. The van der Waals surface area contributed by atoms with Crippen molar-refractivity contribution in [3.05, 3.63) is 51.2 Å². The smallest absolute Gasteiger partial charge is 0.312 e. The number of hydrogen-bond acceptors (Lipinski definition) is 3. The molecule has 0 saturated carbocycles. The number of amides is 1. The molecule has 20 heavy (non-hydrogen) atoms. The third-order valence-electron chi connectivity index (χ3n) is 3.30. The molecule has 0 aliphatic carbocycles. The van der Waals surface area contributed by atoms with Gasteiger partial charge >= 0.3 is 5.97 Å². The maximum Gasteiger partial charge on any atom is 0.312 e. The Labute approximate surface area is 124 Å². The highest BCUT2D eigenvalue weighted by Gasteiger charge is 2.36. The van der Waals surface area contributed by atoms with Crippen LogP contribution in [0.4, 0.5) is 5.69 Å². The first-order chi connectivity index (χ1) is 9.58. The molecule has 0 spiro atoms. The van der Waals surface area contributed by atoms with E-state index in [9.17, 15) is 14.7 Å². The van der Waals surface area contributed by atoms with Gasteiger partial charge in [-0.1, -0.05) is 29.8 Å². The zero-order chi connectivity index (χ0) is 14.3. The van der Waals surface area contributed by atoms with Crippen LogP contribution in [0.15, 0.2) is 36.4 Å². The third-order valence-corrected chi connectivity index (χ3v) is 4.51. The van der Waals surface area contributed by atoms with E-state index < -0.39 is 11.9 Å². The van der Waals surface area contributed by atoms with Crippen LogP contribution >= 0.6 is 22.9 Å². The number of thiophene rings is 1. The van der Waals surface area contributed by atoms with Gasteiger partial charge in [0.05, 0.1) is 9.21 Å². The summed E-state index contributed by atoms with van der Waals surface area (Å²) in [6.07, 6.45) is 0. The molecule has 1 unspecified atom stereocenters. The summed E-state index contributed by atoms with van der Waals surface area (Å²) in [7, 11) is 0. The van der Waals surface area contributed by atoms with Crippen molar-refractivity contribution < 1.29 is 14.7 Å². The predicted molar refractivity (Wildman–Crippen MR) is 77.8 cm³/mol. The second-order valence-corrected chi connectivity index (χ2v) is 6.18. The van der Waals surface area contributed by atoms with Gasteiger partial charge in [-0.05, 0) is 23.8 Å². The molecule has 4 nitrogen and oxygen atoms in total. The molecule has 0 saturated heterocycles. The van der Waals surface area contributed by atoms with E-state index in [1.807, 2.05) is 0 Å². The van der Waals surface area contributed by atoms with Gasteiger partial charge in [0.1, 0.15) is 5.92 Å². The molecule has 1 aromatic heterocycles. The van der Waals surface area contributed by atoms with Gasteiger partial charge in [0.25, 0.3) is 5.91 Å². The fourth-order valence-corrected chi connectivity index (χ4v) is 3.37. The number of halogens is 1. The number of carbonyl (C=O) groups excluding carboxylic acids is 1. The van der Waals surface area contributed by atoms with Crippen LogP contribution in [0.1, 0.15) is 21.2 Å². The Bertz CT molecular complexity index is 697. The fourth-order valence-electron chi connectivity index (χ4n) is 2.37. The number of carboxylic acids is 1. The average molecular weight is 308 g/mol. The number of para-hydroxylation sites is 1. The largest absolute Gasteiger partial charge is 0.481 e. The van der Waals surface area contributed by atoms with Gasteiger partial charge in [-0.15, -0.1) is 11.3 Å². The molecular formula is C14H10ClNO3S. The lowest BCUT2D eigenvalue weighted by molar-refractivity contribution is -0.138. The third kappa shape index (κ3) is 2.09. The summed E-state index contributed by atoms with van der Waals surface area (Å²) in [5.41, 5.74) is 1.34. The van der Waals surface area contributed by atoms with Crippen LogP contribution in [-0.4, -0.2) is 23.5 Å². The predicted octanol–water partition coefficient (Wildman–Crippen LogP) is 3.23. The minimum Gasteiger partial charge on any atom is -0.481 e. The maximum absolute atomic E-state index is 12.5. The van der Waals surface area contributed by atoms with Crippen LogP contribution < -0.4 is 4.90 Å². The van der Waals surface area contributed by atoms with E-state index in [1.165, 1.54) is 16.2 Å². The lowest BCUT2D eigenvalue weighted by atomic mass is 10.0. The summed E-state index contributed by atoms with van der Waals surface area (Å²) in [6, 6.07) is 10.4. The van der Waals surface area contributed by atoms with E-state index >= 15 is 0 Å². The quantitative estimate of drug-likeness (QED) is 0.926. The molecule has 1 aliphatic heterocycles. The second-order valence-electron chi connectivity index (χ2n) is 4.47. The molecule has 1 amide bonds. The topological polar surface area (TPSA) is 57.6 Å². The van der Waals surface area contributed by atoms with Gasteiger partial charge in [0, 0.05) is 12.2 Å². The second kappa shape index (κ2) is 4.92. The lowest BCUT2D eigenvalue weighted by Crippen LogP contribution is -2.30. The van der Waals surface area contributed by atoms with Crippen LogP contribution in [0, 0.1) is 0 Å². The van der Waals surface area contributed by atoms with E-state index in [-0.39, 0.29) is 12.5 Å². The minimum atomic E-state index is -0.919. The molecular weight excluding hydrogens is 298 g/mol. The lowest BCUT2D eigenvalue weighted by Gasteiger charge is -2.16. The molecule has 0 fully saturated rings. The Morgan fingerprint density at radius 2 is 2.00 bits per heavy atom. The monoisotopic (exact) mass is 307 g/mol. The molecule has 2 heterocycles. The first kappa shape index (κ1) is 13.1. The van der Waals surface area contributed by atoms with Crippen molar-refractivity contribution in [2.45, 2.75) is 5.92 Å². The number of hydrogen-bond donors (Lipinski definition) is 1. The van der Waals surface area contributed by atoms with Gasteiger partial charge in [0.2, 0.25) is 0 Å². The highest BCUT2D eigenvalue weighted by molar-refractivity contribution is 7.18. The van der Waals surface area contributed by atoms with Crippen LogP contribution in [0.3, 0.4) is 0 Å². The summed E-state index contributed by atoms with van der Waals surface area (Å²) in [5.74, 6) is -1.80. The number of anilines is 1. The number of carbonyl (C=O) groups is 2. The molecule has 2 aromatic rings. The number of nitrogens with zero attached hydrogens (tertiary/aromatic N) is 1. The summed E-state index contributed by atoms with van der Waals surface area (Å²) >= 11 is 7.04. The zero-order valence-electron chi connectivity index (χ0n) is 10.2. The van der Waals surface area contributed by atoms with Crippen molar-refractivity contribution in [3.63, 3.8) is 0 Å². The molecule has 0 bridgehead atoms. The van der Waals surface area contributed by atoms with Gasteiger partial charge in [-0.3, -0.25) is 9.59 Å². The van der Waals surface area contributed by atoms with E-state index in [1.54, 1.807) is 36.4 Å². The summed E-state index contributed by atoms with van der Waals surface area (Å²) in [5, 5.41) is 9.28. The first-order valence-electron chi connectivity index (χ1n) is 5.97. The number of fused-ring (bicyclic) bond motifs is 1. The molecule has 1 aliphatic rings. The maximum atomic E-state index is 12.5. The normalized spacial score (nSPS) is 17.1. The van der Waals surface area contributed by atoms with E-state index in [0.717, 1.165) is 0 Å². The summed E-state index contributed by atoms with van der Waals surface area (Å²) < 4.78 is 0.538. The van der Waals surface area contributed by atoms with Crippen LogP contribution in [0.5, 0.6) is 0 Å². The van der Waals surface area contributed by atoms with Crippen molar-refractivity contribution in [1.82, 2.24) is 0 Å². The van der Waals surface area contributed by atoms with E-state index in [0.29, 0.717) is 20.5 Å². The van der Waals surface area contributed by atoms with Gasteiger partial charge in [-0.25, -0.2) is 0 Å². The van der Waals surface area contributed by atoms with Crippen molar-refractivity contribution in [2.75, 3.05) is 11.4 Å². The standard InChI is InChI=1S/C14H10ClNO3S/c15-12-6-5-11(20-12)13(17)16-7-9(14(18)19)8-3-1-2-4-10(8)16/h1-6,9H,7H2,(H,18,19). The number of benzene rings is 1. The SMILES string of the molecule is O=C(O)C1CN(C(=O)c2ccc(Cl)s2)c2ccccc21. The van der Waals surface area contributed by atoms with Gasteiger partial charge in [-0.2, -0.15) is 0 Å². The molecule has 0 radical (unpaired) electrons. The van der Waals surface area contributed by atoms with Gasteiger partial charge < -0.3 is 10.0 Å². The number of carboxylic acid groups (broad SMARTS) is 1. The molecule has 102 valence electrons. The van der Waals surface area contributed by atoms with E-state index in [4.69, 9.17) is 11.6 Å². The molecule has 1 aromatic carbocycles. The summed E-state index contributed by atoms with van der Waals surface area (Å²) in [4.78, 5) is 25.8. The van der Waals surface area contributed by atoms with Crippen molar-refractivity contribution in [3.8, 4) is 0 Å². The average Bonchev–Trinajstić information content (AvgIpc) is 3.02. The van der Waals surface area contributed by atoms with Crippen LogP contribution in [-0.2, 0) is 4.79 Å². The van der Waals surface area contributed by atoms with Crippen molar-refractivity contribution in [1.29, 1.82) is 0 Å². The Morgan fingerprint density at radius 3 is 2.65 bits per heavy atom. The van der Waals surface area contributed by atoms with Crippen LogP contribution in [0.2, 0.25) is 4.34 Å². The summed E-state index contributed by atoms with van der Waals surface area (Å²) in [6.45, 7) is 0.156. The molecule has 3 rings (SSSR count). The molecule has 6 heteroatoms. The van der Waals surface area contributed by atoms with Crippen molar-refractivity contribution in [2.24, 2.45) is 0 Å². The highest BCUT2D eigenvalue weighted by atomic mass is 35.5. The molecule has 1 N–H and O–H groups in total. The zero-order valence-corrected chi connectivity index (χ0v) is 11.8. The Balaban J connectivity index is 2.00. The number of rotatable bonds is 2. The fraction of sp³-hybridized carbons (Fsp3) is 0.143. The number of aliphatic carboxylic acids is 1. The van der Waals surface area contributed by atoms with E-state index in [2.05, 4.69) is 0 Å². The van der Waals surface area contributed by atoms with Crippen LogP contribution in [0.25, 0.3) is 0 Å². The Kier molecular flexibility index (Phi) is 3.23. The molecule has 1 atom stereocenters.